The summed E-state index contributed by atoms with van der Waals surface area (Å²) in [4.78, 5) is 8.41. The van der Waals surface area contributed by atoms with Crippen molar-refractivity contribution in [3.63, 3.8) is 0 Å². The van der Waals surface area contributed by atoms with Crippen molar-refractivity contribution in [1.29, 1.82) is 0 Å². The predicted octanol–water partition coefficient (Wildman–Crippen LogP) is 2.83. The molecule has 19 heavy (non-hydrogen) atoms. The summed E-state index contributed by atoms with van der Waals surface area (Å²) in [5.74, 6) is 0.707. The van der Waals surface area contributed by atoms with Crippen molar-refractivity contribution in [2.75, 3.05) is 6.54 Å². The van der Waals surface area contributed by atoms with E-state index in [0.717, 1.165) is 17.8 Å². The molecular weight excluding hydrogens is 245 g/mol. The van der Waals surface area contributed by atoms with Crippen LogP contribution in [0.15, 0.2) is 30.6 Å². The lowest BCUT2D eigenvalue weighted by atomic mass is 10.2. The molecule has 5 heteroatoms. The molecule has 1 aromatic heterocycles. The molecule has 4 nitrogen and oxygen atoms in total. The maximum absolute atomic E-state index is 13.0. The van der Waals surface area contributed by atoms with Crippen molar-refractivity contribution in [3.8, 4) is 11.6 Å². The average molecular weight is 261 g/mol. The highest BCUT2D eigenvalue weighted by molar-refractivity contribution is 5.35. The number of aromatic nitrogens is 2. The zero-order valence-corrected chi connectivity index (χ0v) is 11.0. The number of aryl methyl sites for hydroxylation is 1. The molecule has 0 radical (unpaired) electrons. The lowest BCUT2D eigenvalue weighted by molar-refractivity contribution is 0.451. The Labute approximate surface area is 111 Å². The highest BCUT2D eigenvalue weighted by Crippen LogP contribution is 2.23. The molecule has 0 unspecified atom stereocenters. The summed E-state index contributed by atoms with van der Waals surface area (Å²) in [5, 5.41) is 3.17. The van der Waals surface area contributed by atoms with Crippen LogP contribution in [0.5, 0.6) is 11.6 Å². The molecule has 100 valence electrons. The first-order valence-corrected chi connectivity index (χ1v) is 6.14. The first-order chi connectivity index (χ1) is 9.19. The highest BCUT2D eigenvalue weighted by atomic mass is 19.1. The van der Waals surface area contributed by atoms with Crippen LogP contribution >= 0.6 is 0 Å². The molecule has 0 saturated heterocycles. The predicted molar refractivity (Wildman–Crippen MR) is 70.6 cm³/mol. The molecule has 2 aromatic rings. The van der Waals surface area contributed by atoms with Crippen LogP contribution in [-0.2, 0) is 6.54 Å². The standard InChI is InChI=1S/C14H16FN3O/c1-3-16-7-12-8-17-9-14(18-12)19-13-5-4-11(15)6-10(13)2/h4-6,8-9,16H,3,7H2,1-2H3. The molecule has 0 bridgehead atoms. The Bertz CT molecular complexity index is 560. The van der Waals surface area contributed by atoms with Gasteiger partial charge in [0.2, 0.25) is 5.88 Å². The summed E-state index contributed by atoms with van der Waals surface area (Å²) in [6.45, 7) is 5.32. The fraction of sp³-hybridized carbons (Fsp3) is 0.286. The maximum atomic E-state index is 13.0. The molecule has 1 heterocycles. The molecule has 0 amide bonds. The number of halogens is 1. The van der Waals surface area contributed by atoms with Crippen LogP contribution in [0.2, 0.25) is 0 Å². The van der Waals surface area contributed by atoms with Crippen LogP contribution in [0.3, 0.4) is 0 Å². The molecular formula is C14H16FN3O. The van der Waals surface area contributed by atoms with Crippen LogP contribution in [0.1, 0.15) is 18.2 Å². The van der Waals surface area contributed by atoms with Crippen LogP contribution in [-0.4, -0.2) is 16.5 Å². The third-order valence-electron chi connectivity index (χ3n) is 2.57. The largest absolute Gasteiger partial charge is 0.437 e. The van der Waals surface area contributed by atoms with E-state index in [1.54, 1.807) is 19.2 Å². The number of nitrogens with zero attached hydrogens (tertiary/aromatic N) is 2. The van der Waals surface area contributed by atoms with Crippen molar-refractivity contribution >= 4 is 0 Å². The van der Waals surface area contributed by atoms with Gasteiger partial charge in [-0.15, -0.1) is 0 Å². The molecule has 0 aliphatic heterocycles. The lowest BCUT2D eigenvalue weighted by Gasteiger charge is -2.08. The third-order valence-corrected chi connectivity index (χ3v) is 2.57. The number of hydrogen-bond acceptors (Lipinski definition) is 4. The van der Waals surface area contributed by atoms with Gasteiger partial charge in [0.1, 0.15) is 11.6 Å². The Hall–Kier alpha value is -2.01. The van der Waals surface area contributed by atoms with E-state index in [1.807, 2.05) is 6.92 Å². The maximum Gasteiger partial charge on any atom is 0.238 e. The number of benzene rings is 1. The molecule has 0 fully saturated rings. The fourth-order valence-electron chi connectivity index (χ4n) is 1.61. The van der Waals surface area contributed by atoms with Gasteiger partial charge in [-0.3, -0.25) is 4.98 Å². The molecule has 0 spiro atoms. The third kappa shape index (κ3) is 3.72. The van der Waals surface area contributed by atoms with Crippen molar-refractivity contribution in [1.82, 2.24) is 15.3 Å². The van der Waals surface area contributed by atoms with Crippen LogP contribution in [0.25, 0.3) is 0 Å². The normalized spacial score (nSPS) is 10.5. The lowest BCUT2D eigenvalue weighted by Crippen LogP contribution is -2.13. The molecule has 2 rings (SSSR count). The van der Waals surface area contributed by atoms with E-state index < -0.39 is 0 Å². The van der Waals surface area contributed by atoms with Gasteiger partial charge < -0.3 is 10.1 Å². The van der Waals surface area contributed by atoms with Crippen LogP contribution in [0.4, 0.5) is 4.39 Å². The van der Waals surface area contributed by atoms with Gasteiger partial charge in [-0.1, -0.05) is 6.92 Å². The van der Waals surface area contributed by atoms with Gasteiger partial charge in [-0.25, -0.2) is 9.37 Å². The molecule has 0 aliphatic carbocycles. The van der Waals surface area contributed by atoms with Gasteiger partial charge >= 0.3 is 0 Å². The van der Waals surface area contributed by atoms with Gasteiger partial charge in [-0.2, -0.15) is 0 Å². The first-order valence-electron chi connectivity index (χ1n) is 6.14. The monoisotopic (exact) mass is 261 g/mol. The topological polar surface area (TPSA) is 47.0 Å². The summed E-state index contributed by atoms with van der Waals surface area (Å²) < 4.78 is 18.6. The Morgan fingerprint density at radius 1 is 1.32 bits per heavy atom. The molecule has 0 atom stereocenters. The summed E-state index contributed by atoms with van der Waals surface area (Å²) in [6, 6.07) is 4.37. The van der Waals surface area contributed by atoms with Gasteiger partial charge in [0.15, 0.2) is 0 Å². The van der Waals surface area contributed by atoms with E-state index in [9.17, 15) is 4.39 Å². The minimum Gasteiger partial charge on any atom is -0.437 e. The Kier molecular flexibility index (Phi) is 4.41. The average Bonchev–Trinajstić information content (AvgIpc) is 2.40. The number of hydrogen-bond donors (Lipinski definition) is 1. The minimum atomic E-state index is -0.281. The molecule has 1 aromatic carbocycles. The van der Waals surface area contributed by atoms with Gasteiger partial charge in [0.25, 0.3) is 0 Å². The Morgan fingerprint density at radius 3 is 2.89 bits per heavy atom. The van der Waals surface area contributed by atoms with Crippen molar-refractivity contribution < 1.29 is 9.13 Å². The summed E-state index contributed by atoms with van der Waals surface area (Å²) in [7, 11) is 0. The number of ether oxygens (including phenoxy) is 1. The van der Waals surface area contributed by atoms with Crippen molar-refractivity contribution in [3.05, 3.63) is 47.7 Å². The van der Waals surface area contributed by atoms with Crippen LogP contribution < -0.4 is 10.1 Å². The summed E-state index contributed by atoms with van der Waals surface area (Å²) >= 11 is 0. The first kappa shape index (κ1) is 13.4. The van der Waals surface area contributed by atoms with E-state index in [2.05, 4.69) is 15.3 Å². The van der Waals surface area contributed by atoms with E-state index >= 15 is 0 Å². The van der Waals surface area contributed by atoms with E-state index in [0.29, 0.717) is 18.2 Å². The Morgan fingerprint density at radius 2 is 2.16 bits per heavy atom. The SMILES string of the molecule is CCNCc1cncc(Oc2ccc(F)cc2C)n1. The minimum absolute atomic E-state index is 0.281. The highest BCUT2D eigenvalue weighted by Gasteiger charge is 2.05. The second kappa shape index (κ2) is 6.24. The smallest absolute Gasteiger partial charge is 0.238 e. The second-order valence-electron chi connectivity index (χ2n) is 4.14. The number of nitrogens with one attached hydrogen (secondary N) is 1. The van der Waals surface area contributed by atoms with Crippen molar-refractivity contribution in [2.24, 2.45) is 0 Å². The molecule has 0 saturated carbocycles. The zero-order chi connectivity index (χ0) is 13.7. The summed E-state index contributed by atoms with van der Waals surface area (Å²) in [5.41, 5.74) is 1.53. The molecule has 1 N–H and O–H groups in total. The van der Waals surface area contributed by atoms with E-state index in [4.69, 9.17) is 4.74 Å². The quantitative estimate of drug-likeness (QED) is 0.899. The zero-order valence-electron chi connectivity index (χ0n) is 11.0. The Balaban J connectivity index is 2.14. The second-order valence-corrected chi connectivity index (χ2v) is 4.14. The van der Waals surface area contributed by atoms with Gasteiger partial charge in [0, 0.05) is 12.7 Å². The summed E-state index contributed by atoms with van der Waals surface area (Å²) in [6.07, 6.45) is 3.23. The van der Waals surface area contributed by atoms with Crippen molar-refractivity contribution in [2.45, 2.75) is 20.4 Å². The fourth-order valence-corrected chi connectivity index (χ4v) is 1.61. The molecule has 0 aliphatic rings. The van der Waals surface area contributed by atoms with Crippen LogP contribution in [0, 0.1) is 12.7 Å². The van der Waals surface area contributed by atoms with E-state index in [-0.39, 0.29) is 5.82 Å². The van der Waals surface area contributed by atoms with Gasteiger partial charge in [0.05, 0.1) is 11.9 Å². The van der Waals surface area contributed by atoms with E-state index in [1.165, 1.54) is 18.3 Å². The number of rotatable bonds is 5. The van der Waals surface area contributed by atoms with Gasteiger partial charge in [-0.05, 0) is 37.2 Å².